The van der Waals surface area contributed by atoms with Gasteiger partial charge >= 0.3 is 5.97 Å². The van der Waals surface area contributed by atoms with Gasteiger partial charge < -0.3 is 14.8 Å². The first-order valence-corrected chi connectivity index (χ1v) is 9.96. The van der Waals surface area contributed by atoms with E-state index >= 15 is 0 Å². The number of esters is 1. The Bertz CT molecular complexity index is 949. The van der Waals surface area contributed by atoms with Crippen LogP contribution in [0.25, 0.3) is 0 Å². The van der Waals surface area contributed by atoms with E-state index in [1.54, 1.807) is 13.0 Å². The summed E-state index contributed by atoms with van der Waals surface area (Å²) >= 11 is 11.9. The summed E-state index contributed by atoms with van der Waals surface area (Å²) in [7, 11) is 0. The largest absolute Gasteiger partial charge is 0.466 e. The molecule has 2 heterocycles. The fraction of sp³-hybridized carbons (Fsp3) is 0.333. The summed E-state index contributed by atoms with van der Waals surface area (Å²) < 4.78 is 11.8. The van der Waals surface area contributed by atoms with Crippen molar-refractivity contribution in [3.8, 4) is 5.75 Å². The van der Waals surface area contributed by atoms with Gasteiger partial charge in [-0.1, -0.05) is 29.3 Å². The van der Waals surface area contributed by atoms with Crippen LogP contribution in [0.4, 0.5) is 5.69 Å². The molecule has 0 spiro atoms. The Morgan fingerprint density at radius 3 is 2.71 bits per heavy atom. The van der Waals surface area contributed by atoms with Crippen LogP contribution >= 0.6 is 23.8 Å². The van der Waals surface area contributed by atoms with Crippen molar-refractivity contribution in [3.05, 3.63) is 58.6 Å². The molecule has 0 aromatic heterocycles. The smallest absolute Gasteiger partial charge is 0.317 e. The monoisotopic (exact) mass is 416 g/mol. The molecule has 2 aliphatic heterocycles. The summed E-state index contributed by atoms with van der Waals surface area (Å²) in [5.41, 5.74) is 1.73. The summed E-state index contributed by atoms with van der Waals surface area (Å²) in [4.78, 5) is 14.9. The predicted octanol–water partition coefficient (Wildman–Crippen LogP) is 4.37. The number of hydrogen-bond donors (Lipinski definition) is 1. The molecule has 1 saturated heterocycles. The molecule has 5 nitrogen and oxygen atoms in total. The number of carbonyl (C=O) groups excluding carboxylic acids is 1. The lowest BCUT2D eigenvalue weighted by Gasteiger charge is -2.55. The van der Waals surface area contributed by atoms with Crippen LogP contribution in [0.3, 0.4) is 0 Å². The van der Waals surface area contributed by atoms with Gasteiger partial charge in [0.1, 0.15) is 11.7 Å². The maximum Gasteiger partial charge on any atom is 0.317 e. The number of halogens is 1. The van der Waals surface area contributed by atoms with Crippen LogP contribution in [0.1, 0.15) is 31.0 Å². The Hall–Kier alpha value is -2.31. The highest BCUT2D eigenvalue weighted by Crippen LogP contribution is 2.50. The molecular formula is C21H21ClN2O3S. The Labute approximate surface area is 174 Å². The molecule has 0 amide bonds. The number of fused-ring (bicyclic) bond motifs is 4. The Balaban J connectivity index is 1.89. The second-order valence-corrected chi connectivity index (χ2v) is 7.99. The number of ether oxygens (including phenoxy) is 2. The predicted molar refractivity (Wildman–Crippen MR) is 113 cm³/mol. The number of aryl methyl sites for hydroxylation is 1. The molecule has 2 bridgehead atoms. The summed E-state index contributed by atoms with van der Waals surface area (Å²) in [6.45, 7) is 5.98. The van der Waals surface area contributed by atoms with Gasteiger partial charge in [0.15, 0.2) is 5.11 Å². The van der Waals surface area contributed by atoms with Crippen LogP contribution in [-0.2, 0) is 9.53 Å². The van der Waals surface area contributed by atoms with Gasteiger partial charge in [-0.15, -0.1) is 0 Å². The fourth-order valence-corrected chi connectivity index (χ4v) is 4.62. The minimum Gasteiger partial charge on any atom is -0.466 e. The van der Waals surface area contributed by atoms with Crippen molar-refractivity contribution in [3.63, 3.8) is 0 Å². The highest BCUT2D eigenvalue weighted by atomic mass is 35.5. The van der Waals surface area contributed by atoms with Crippen LogP contribution in [0.5, 0.6) is 5.75 Å². The minimum atomic E-state index is -1.05. The highest BCUT2D eigenvalue weighted by Gasteiger charge is 2.59. The molecule has 28 heavy (non-hydrogen) atoms. The Morgan fingerprint density at radius 2 is 2.04 bits per heavy atom. The van der Waals surface area contributed by atoms with E-state index in [4.69, 9.17) is 33.3 Å². The molecule has 2 aromatic rings. The van der Waals surface area contributed by atoms with E-state index in [0.717, 1.165) is 16.8 Å². The van der Waals surface area contributed by atoms with Gasteiger partial charge in [0.05, 0.1) is 12.6 Å². The lowest BCUT2D eigenvalue weighted by Crippen LogP contribution is -2.71. The van der Waals surface area contributed by atoms with Gasteiger partial charge in [-0.05, 0) is 63.3 Å². The van der Waals surface area contributed by atoms with E-state index in [1.165, 1.54) is 0 Å². The lowest BCUT2D eigenvalue weighted by molar-refractivity contribution is -0.159. The molecule has 7 heteroatoms. The van der Waals surface area contributed by atoms with Crippen molar-refractivity contribution in [1.82, 2.24) is 5.32 Å². The first-order chi connectivity index (χ1) is 13.3. The quantitative estimate of drug-likeness (QED) is 0.592. The van der Waals surface area contributed by atoms with E-state index < -0.39 is 11.6 Å². The van der Waals surface area contributed by atoms with Crippen molar-refractivity contribution in [2.45, 2.75) is 32.5 Å². The van der Waals surface area contributed by atoms with Crippen molar-refractivity contribution >= 4 is 40.6 Å². The lowest BCUT2D eigenvalue weighted by atomic mass is 9.79. The molecule has 2 aromatic carbocycles. The van der Waals surface area contributed by atoms with Gasteiger partial charge in [-0.2, -0.15) is 0 Å². The number of nitrogens with one attached hydrogen (secondary N) is 1. The third-order valence-electron chi connectivity index (χ3n) is 5.29. The molecular weight excluding hydrogens is 396 g/mol. The zero-order valence-electron chi connectivity index (χ0n) is 15.9. The molecule has 146 valence electrons. The van der Waals surface area contributed by atoms with Crippen molar-refractivity contribution < 1.29 is 14.3 Å². The van der Waals surface area contributed by atoms with Crippen LogP contribution in [0, 0.1) is 12.8 Å². The SMILES string of the molecule is CCOC(=O)[C@H]1[C@H]2NC(=S)N(c3ccc(C)cc3)[C@@]1(C)Oc1ccc(Cl)cc12. The number of thiocarbonyl (C=S) groups is 1. The molecule has 1 N–H and O–H groups in total. The van der Waals surface area contributed by atoms with Gasteiger partial charge in [0.25, 0.3) is 0 Å². The van der Waals surface area contributed by atoms with Crippen molar-refractivity contribution in [2.75, 3.05) is 11.5 Å². The topological polar surface area (TPSA) is 50.8 Å². The summed E-state index contributed by atoms with van der Waals surface area (Å²) in [5.74, 6) is -0.302. The normalized spacial score (nSPS) is 25.4. The number of carbonyl (C=O) groups is 1. The number of benzene rings is 2. The van der Waals surface area contributed by atoms with Crippen LogP contribution < -0.4 is 15.0 Å². The molecule has 0 saturated carbocycles. The Kier molecular flexibility index (Phi) is 4.71. The van der Waals surface area contributed by atoms with E-state index in [9.17, 15) is 4.79 Å². The summed E-state index contributed by atoms with van der Waals surface area (Å²) in [5, 5.41) is 4.39. The van der Waals surface area contributed by atoms with E-state index in [1.807, 2.05) is 55.1 Å². The number of anilines is 1. The van der Waals surface area contributed by atoms with Crippen LogP contribution in [0.2, 0.25) is 5.02 Å². The maximum atomic E-state index is 13.0. The second kappa shape index (κ2) is 6.94. The third-order valence-corrected chi connectivity index (χ3v) is 5.83. The van der Waals surface area contributed by atoms with Gasteiger partial charge in [0, 0.05) is 16.3 Å². The van der Waals surface area contributed by atoms with Gasteiger partial charge in [-0.25, -0.2) is 0 Å². The summed E-state index contributed by atoms with van der Waals surface area (Å²) in [6.07, 6.45) is 0. The zero-order chi connectivity index (χ0) is 20.1. The molecule has 0 unspecified atom stereocenters. The number of hydrogen-bond acceptors (Lipinski definition) is 4. The van der Waals surface area contributed by atoms with Gasteiger partial charge in [0.2, 0.25) is 5.72 Å². The first-order valence-electron chi connectivity index (χ1n) is 9.17. The zero-order valence-corrected chi connectivity index (χ0v) is 17.4. The maximum absolute atomic E-state index is 13.0. The average Bonchev–Trinajstić information content (AvgIpc) is 2.63. The molecule has 0 radical (unpaired) electrons. The first kappa shape index (κ1) is 19.0. The third kappa shape index (κ3) is 2.91. The van der Waals surface area contributed by atoms with Crippen molar-refractivity contribution in [1.29, 1.82) is 0 Å². The highest BCUT2D eigenvalue weighted by molar-refractivity contribution is 7.80. The summed E-state index contributed by atoms with van der Waals surface area (Å²) in [6, 6.07) is 13.0. The number of nitrogens with zero attached hydrogens (tertiary/aromatic N) is 1. The molecule has 3 atom stereocenters. The average molecular weight is 417 g/mol. The van der Waals surface area contributed by atoms with Crippen molar-refractivity contribution in [2.24, 2.45) is 5.92 Å². The van der Waals surface area contributed by atoms with Gasteiger partial charge in [-0.3, -0.25) is 9.69 Å². The molecule has 2 aliphatic rings. The Morgan fingerprint density at radius 1 is 1.32 bits per heavy atom. The standard InChI is InChI=1S/C21H21ClN2O3S/c1-4-26-19(25)17-18-15-11-13(22)7-10-16(15)27-21(17,3)24(20(28)23-18)14-8-5-12(2)6-9-14/h5-11,17-18H,4H2,1-3H3,(H,23,28)/t17-,18+,21+/m1/s1. The van der Waals surface area contributed by atoms with E-state index in [-0.39, 0.29) is 18.6 Å². The molecule has 1 fully saturated rings. The minimum absolute atomic E-state index is 0.287. The molecule has 0 aliphatic carbocycles. The molecule has 4 rings (SSSR count). The van der Waals surface area contributed by atoms with E-state index in [2.05, 4.69) is 5.32 Å². The van der Waals surface area contributed by atoms with Crippen LogP contribution in [-0.4, -0.2) is 23.4 Å². The number of rotatable bonds is 3. The van der Waals surface area contributed by atoms with Crippen LogP contribution in [0.15, 0.2) is 42.5 Å². The van der Waals surface area contributed by atoms with E-state index in [0.29, 0.717) is 15.9 Å². The second-order valence-electron chi connectivity index (χ2n) is 7.17. The fourth-order valence-electron chi connectivity index (χ4n) is 4.03.